The molecule has 94 valence electrons. The van der Waals surface area contributed by atoms with Gasteiger partial charge in [0.05, 0.1) is 0 Å². The summed E-state index contributed by atoms with van der Waals surface area (Å²) in [5.41, 5.74) is 10.1. The third-order valence-electron chi connectivity index (χ3n) is 3.04. The fraction of sp³-hybridized carbons (Fsp3) is 0.267. The molecule has 1 aromatic carbocycles. The molecule has 18 heavy (non-hydrogen) atoms. The standard InChI is InChI=1S/C15H19N3/c1-4-18(13-7-5-6-11(2)8-13)15-9-14(16)12(3)10-17-15/h5-10H,4H2,1-3H3,(H2,16,17). The molecule has 0 fully saturated rings. The second kappa shape index (κ2) is 5.08. The van der Waals surface area contributed by atoms with Gasteiger partial charge in [0.1, 0.15) is 5.82 Å². The van der Waals surface area contributed by atoms with Gasteiger partial charge in [-0.1, -0.05) is 12.1 Å². The van der Waals surface area contributed by atoms with Crippen molar-refractivity contribution in [2.45, 2.75) is 20.8 Å². The smallest absolute Gasteiger partial charge is 0.134 e. The Hall–Kier alpha value is -2.03. The van der Waals surface area contributed by atoms with Crippen molar-refractivity contribution in [3.8, 4) is 0 Å². The molecule has 2 rings (SSSR count). The van der Waals surface area contributed by atoms with Crippen LogP contribution in [0.3, 0.4) is 0 Å². The number of aromatic nitrogens is 1. The average molecular weight is 241 g/mol. The zero-order valence-electron chi connectivity index (χ0n) is 11.1. The summed E-state index contributed by atoms with van der Waals surface area (Å²) in [4.78, 5) is 6.62. The van der Waals surface area contributed by atoms with Crippen LogP contribution in [0.25, 0.3) is 0 Å². The average Bonchev–Trinajstić information content (AvgIpc) is 2.35. The number of nitrogens with two attached hydrogens (primary N) is 1. The van der Waals surface area contributed by atoms with Gasteiger partial charge in [0.15, 0.2) is 0 Å². The number of aryl methyl sites for hydroxylation is 2. The van der Waals surface area contributed by atoms with E-state index in [2.05, 4.69) is 48.0 Å². The summed E-state index contributed by atoms with van der Waals surface area (Å²) in [6.45, 7) is 7.03. The Morgan fingerprint density at radius 2 is 2.00 bits per heavy atom. The van der Waals surface area contributed by atoms with Gasteiger partial charge >= 0.3 is 0 Å². The maximum atomic E-state index is 5.95. The summed E-state index contributed by atoms with van der Waals surface area (Å²) in [6.07, 6.45) is 1.82. The molecule has 0 saturated carbocycles. The highest BCUT2D eigenvalue weighted by molar-refractivity contribution is 5.64. The molecule has 1 heterocycles. The highest BCUT2D eigenvalue weighted by Gasteiger charge is 2.09. The van der Waals surface area contributed by atoms with Crippen LogP contribution in [0, 0.1) is 13.8 Å². The number of hydrogen-bond donors (Lipinski definition) is 1. The van der Waals surface area contributed by atoms with Crippen LogP contribution in [-0.2, 0) is 0 Å². The lowest BCUT2D eigenvalue weighted by molar-refractivity contribution is 0.986. The summed E-state index contributed by atoms with van der Waals surface area (Å²) in [5.74, 6) is 0.895. The molecule has 2 N–H and O–H groups in total. The van der Waals surface area contributed by atoms with E-state index in [1.54, 1.807) is 0 Å². The lowest BCUT2D eigenvalue weighted by Gasteiger charge is -2.23. The predicted molar refractivity (Wildman–Crippen MR) is 77.2 cm³/mol. The molecule has 0 aliphatic rings. The second-order valence-electron chi connectivity index (χ2n) is 4.48. The van der Waals surface area contributed by atoms with Gasteiger partial charge in [0, 0.05) is 30.2 Å². The van der Waals surface area contributed by atoms with Crippen LogP contribution < -0.4 is 10.6 Å². The van der Waals surface area contributed by atoms with Crippen LogP contribution in [0.4, 0.5) is 17.2 Å². The number of rotatable bonds is 3. The van der Waals surface area contributed by atoms with E-state index in [4.69, 9.17) is 5.73 Å². The normalized spacial score (nSPS) is 10.4. The van der Waals surface area contributed by atoms with Crippen molar-refractivity contribution >= 4 is 17.2 Å². The predicted octanol–water partition coefficient (Wildman–Crippen LogP) is 3.44. The molecule has 0 spiro atoms. The van der Waals surface area contributed by atoms with Gasteiger partial charge in [0.2, 0.25) is 0 Å². The third kappa shape index (κ3) is 2.45. The number of anilines is 3. The molecular formula is C15H19N3. The molecule has 0 aliphatic heterocycles. The zero-order valence-corrected chi connectivity index (χ0v) is 11.1. The molecule has 2 aromatic rings. The Kier molecular flexibility index (Phi) is 3.51. The Balaban J connectivity index is 2.42. The number of nitrogen functional groups attached to an aromatic ring is 1. The third-order valence-corrected chi connectivity index (χ3v) is 3.04. The first-order valence-corrected chi connectivity index (χ1v) is 6.18. The summed E-state index contributed by atoms with van der Waals surface area (Å²) < 4.78 is 0. The minimum Gasteiger partial charge on any atom is -0.398 e. The fourth-order valence-corrected chi connectivity index (χ4v) is 1.95. The van der Waals surface area contributed by atoms with E-state index in [9.17, 15) is 0 Å². The van der Waals surface area contributed by atoms with E-state index in [0.717, 1.165) is 29.3 Å². The molecule has 0 bridgehead atoms. The number of benzene rings is 1. The summed E-state index contributed by atoms with van der Waals surface area (Å²) in [6, 6.07) is 10.3. The van der Waals surface area contributed by atoms with Crippen molar-refractivity contribution in [3.05, 3.63) is 47.7 Å². The Morgan fingerprint density at radius 3 is 2.61 bits per heavy atom. The Morgan fingerprint density at radius 1 is 1.22 bits per heavy atom. The summed E-state index contributed by atoms with van der Waals surface area (Å²) in [5, 5.41) is 0. The highest BCUT2D eigenvalue weighted by atomic mass is 15.2. The monoisotopic (exact) mass is 241 g/mol. The number of pyridine rings is 1. The molecular weight excluding hydrogens is 222 g/mol. The first-order chi connectivity index (χ1) is 8.61. The van der Waals surface area contributed by atoms with Gasteiger partial charge in [-0.15, -0.1) is 0 Å². The molecule has 0 saturated heterocycles. The van der Waals surface area contributed by atoms with E-state index < -0.39 is 0 Å². The van der Waals surface area contributed by atoms with E-state index in [1.807, 2.05) is 19.2 Å². The van der Waals surface area contributed by atoms with Crippen molar-refractivity contribution in [1.29, 1.82) is 0 Å². The summed E-state index contributed by atoms with van der Waals surface area (Å²) >= 11 is 0. The van der Waals surface area contributed by atoms with Gasteiger partial charge in [-0.3, -0.25) is 0 Å². The topological polar surface area (TPSA) is 42.1 Å². The second-order valence-corrected chi connectivity index (χ2v) is 4.48. The van der Waals surface area contributed by atoms with E-state index in [-0.39, 0.29) is 0 Å². The molecule has 0 unspecified atom stereocenters. The highest BCUT2D eigenvalue weighted by Crippen LogP contribution is 2.26. The van der Waals surface area contributed by atoms with E-state index >= 15 is 0 Å². The molecule has 3 heteroatoms. The minimum absolute atomic E-state index is 0.783. The number of nitrogens with zero attached hydrogens (tertiary/aromatic N) is 2. The molecule has 1 aromatic heterocycles. The van der Waals surface area contributed by atoms with Gasteiger partial charge in [-0.05, 0) is 44.0 Å². The Bertz CT molecular complexity index is 549. The van der Waals surface area contributed by atoms with Crippen LogP contribution in [0.1, 0.15) is 18.1 Å². The first-order valence-electron chi connectivity index (χ1n) is 6.18. The van der Waals surface area contributed by atoms with Gasteiger partial charge < -0.3 is 10.6 Å². The lowest BCUT2D eigenvalue weighted by atomic mass is 10.2. The molecule has 0 aliphatic carbocycles. The maximum Gasteiger partial charge on any atom is 0.134 e. The van der Waals surface area contributed by atoms with Crippen molar-refractivity contribution < 1.29 is 0 Å². The van der Waals surface area contributed by atoms with Crippen molar-refractivity contribution in [1.82, 2.24) is 4.98 Å². The van der Waals surface area contributed by atoms with Crippen molar-refractivity contribution in [3.63, 3.8) is 0 Å². The fourth-order valence-electron chi connectivity index (χ4n) is 1.95. The number of hydrogen-bond acceptors (Lipinski definition) is 3. The van der Waals surface area contributed by atoms with Crippen LogP contribution in [0.5, 0.6) is 0 Å². The van der Waals surface area contributed by atoms with Gasteiger partial charge in [-0.2, -0.15) is 0 Å². The van der Waals surface area contributed by atoms with Crippen LogP contribution in [-0.4, -0.2) is 11.5 Å². The largest absolute Gasteiger partial charge is 0.398 e. The maximum absolute atomic E-state index is 5.95. The molecule has 0 amide bonds. The summed E-state index contributed by atoms with van der Waals surface area (Å²) in [7, 11) is 0. The van der Waals surface area contributed by atoms with E-state index in [0.29, 0.717) is 0 Å². The molecule has 0 atom stereocenters. The van der Waals surface area contributed by atoms with Gasteiger partial charge in [-0.25, -0.2) is 4.98 Å². The van der Waals surface area contributed by atoms with Crippen molar-refractivity contribution in [2.24, 2.45) is 0 Å². The first kappa shape index (κ1) is 12.4. The lowest BCUT2D eigenvalue weighted by Crippen LogP contribution is -2.17. The Labute approximate surface area is 108 Å². The van der Waals surface area contributed by atoms with Crippen molar-refractivity contribution in [2.75, 3.05) is 17.2 Å². The zero-order chi connectivity index (χ0) is 13.1. The molecule has 3 nitrogen and oxygen atoms in total. The van der Waals surface area contributed by atoms with Gasteiger partial charge in [0.25, 0.3) is 0 Å². The van der Waals surface area contributed by atoms with Crippen LogP contribution >= 0.6 is 0 Å². The van der Waals surface area contributed by atoms with Crippen LogP contribution in [0.15, 0.2) is 36.5 Å². The SMILES string of the molecule is CCN(c1cccc(C)c1)c1cc(N)c(C)cn1. The molecule has 0 radical (unpaired) electrons. The minimum atomic E-state index is 0.783. The quantitative estimate of drug-likeness (QED) is 0.895. The van der Waals surface area contributed by atoms with Crippen LogP contribution in [0.2, 0.25) is 0 Å². The van der Waals surface area contributed by atoms with E-state index in [1.165, 1.54) is 5.56 Å².